The molecule has 1 aliphatic heterocycles. The minimum atomic E-state index is -0.901. The van der Waals surface area contributed by atoms with E-state index in [1.807, 2.05) is 36.0 Å². The first kappa shape index (κ1) is 14.2. The molecule has 0 saturated carbocycles. The number of hydrogen-bond donors (Lipinski definition) is 1. The number of nitrogens with zero attached hydrogens (tertiary/aromatic N) is 2. The van der Waals surface area contributed by atoms with Crippen LogP contribution in [0.2, 0.25) is 0 Å². The van der Waals surface area contributed by atoms with Crippen LogP contribution in [0.3, 0.4) is 0 Å². The van der Waals surface area contributed by atoms with Crippen molar-refractivity contribution < 1.29 is 9.90 Å². The van der Waals surface area contributed by atoms with Crippen molar-refractivity contribution in [2.24, 2.45) is 0 Å². The Bertz CT molecular complexity index is 679. The molecule has 0 amide bonds. The molecule has 21 heavy (non-hydrogen) atoms. The summed E-state index contributed by atoms with van der Waals surface area (Å²) in [5, 5.41) is 11.2. The average Bonchev–Trinajstić information content (AvgIpc) is 2.45. The number of para-hydroxylation sites is 1. The molecule has 5 heteroatoms. The van der Waals surface area contributed by atoms with E-state index in [1.165, 1.54) is 0 Å². The van der Waals surface area contributed by atoms with E-state index in [0.717, 1.165) is 24.4 Å². The quantitative estimate of drug-likeness (QED) is 0.922. The first-order chi connectivity index (χ1) is 10.0. The van der Waals surface area contributed by atoms with E-state index in [4.69, 9.17) is 0 Å². The second-order valence-corrected chi connectivity index (χ2v) is 7.39. The molecule has 0 aliphatic carbocycles. The van der Waals surface area contributed by atoms with Crippen LogP contribution in [0.4, 0.5) is 5.82 Å². The molecule has 1 saturated heterocycles. The molecule has 1 fully saturated rings. The zero-order valence-electron chi connectivity index (χ0n) is 12.1. The van der Waals surface area contributed by atoms with Gasteiger partial charge in [-0.25, -0.2) is 9.78 Å². The predicted octanol–water partition coefficient (Wildman–Crippen LogP) is 3.26. The Balaban J connectivity index is 2.08. The lowest BCUT2D eigenvalue weighted by Gasteiger charge is -2.35. The van der Waals surface area contributed by atoms with Crippen LogP contribution in [-0.2, 0) is 0 Å². The molecule has 2 atom stereocenters. The summed E-state index contributed by atoms with van der Waals surface area (Å²) in [5.41, 5.74) is 1.07. The molecule has 0 bridgehead atoms. The number of carbonyl (C=O) groups is 1. The van der Waals surface area contributed by atoms with E-state index in [0.29, 0.717) is 21.4 Å². The number of fused-ring (bicyclic) bond motifs is 1. The second kappa shape index (κ2) is 5.56. The lowest BCUT2D eigenvalue weighted by atomic mass is 10.1. The Hall–Kier alpha value is -1.75. The summed E-state index contributed by atoms with van der Waals surface area (Å²) in [6, 6.07) is 9.13. The molecular formula is C16H18N2O2S. The normalized spacial score (nSPS) is 22.5. The molecule has 2 heterocycles. The summed E-state index contributed by atoms with van der Waals surface area (Å²) >= 11 is 1.97. The van der Waals surface area contributed by atoms with E-state index in [9.17, 15) is 9.90 Å². The van der Waals surface area contributed by atoms with Crippen molar-refractivity contribution in [2.75, 3.05) is 18.0 Å². The lowest BCUT2D eigenvalue weighted by Crippen LogP contribution is -2.40. The number of carboxylic acid groups (broad SMARTS) is 1. The first-order valence-corrected chi connectivity index (χ1v) is 8.02. The monoisotopic (exact) mass is 302 g/mol. The van der Waals surface area contributed by atoms with Crippen LogP contribution in [-0.4, -0.2) is 39.6 Å². The van der Waals surface area contributed by atoms with Gasteiger partial charge in [-0.1, -0.05) is 32.0 Å². The van der Waals surface area contributed by atoms with Crippen molar-refractivity contribution in [3.05, 3.63) is 35.9 Å². The molecule has 0 radical (unpaired) electrons. The Morgan fingerprint density at radius 1 is 1.29 bits per heavy atom. The fourth-order valence-electron chi connectivity index (χ4n) is 2.87. The smallest absolute Gasteiger partial charge is 0.336 e. The summed E-state index contributed by atoms with van der Waals surface area (Å²) in [4.78, 5) is 18.4. The molecule has 1 aliphatic rings. The average molecular weight is 302 g/mol. The Kier molecular flexibility index (Phi) is 3.76. The molecule has 2 aromatic rings. The highest BCUT2D eigenvalue weighted by molar-refractivity contribution is 8.00. The zero-order valence-corrected chi connectivity index (χ0v) is 12.9. The highest BCUT2D eigenvalue weighted by atomic mass is 32.2. The van der Waals surface area contributed by atoms with Gasteiger partial charge in [-0.15, -0.1) is 0 Å². The molecule has 110 valence electrons. The Morgan fingerprint density at radius 3 is 2.62 bits per heavy atom. The van der Waals surface area contributed by atoms with E-state index in [-0.39, 0.29) is 0 Å². The maximum Gasteiger partial charge on any atom is 0.336 e. The van der Waals surface area contributed by atoms with Gasteiger partial charge in [-0.3, -0.25) is 0 Å². The number of aromatic carboxylic acids is 1. The van der Waals surface area contributed by atoms with Crippen molar-refractivity contribution in [3.63, 3.8) is 0 Å². The zero-order chi connectivity index (χ0) is 15.0. The van der Waals surface area contributed by atoms with Crippen LogP contribution in [0.5, 0.6) is 0 Å². The Labute approximate surface area is 128 Å². The van der Waals surface area contributed by atoms with Gasteiger partial charge < -0.3 is 10.0 Å². The lowest BCUT2D eigenvalue weighted by molar-refractivity contribution is 0.0699. The third-order valence-corrected chi connectivity index (χ3v) is 4.90. The standard InChI is InChI=1S/C16H18N2O2S/c1-10-8-18(9-11(2)21-10)15-7-13(16(19)20)12-5-3-4-6-14(12)17-15/h3-7,10-11H,8-9H2,1-2H3,(H,19,20). The van der Waals surface area contributed by atoms with Crippen LogP contribution in [0.1, 0.15) is 24.2 Å². The van der Waals surface area contributed by atoms with Crippen LogP contribution >= 0.6 is 11.8 Å². The van der Waals surface area contributed by atoms with E-state index >= 15 is 0 Å². The van der Waals surface area contributed by atoms with Gasteiger partial charge in [-0.2, -0.15) is 11.8 Å². The van der Waals surface area contributed by atoms with Crippen molar-refractivity contribution in [3.8, 4) is 0 Å². The molecule has 0 spiro atoms. The van der Waals surface area contributed by atoms with E-state index in [1.54, 1.807) is 6.07 Å². The molecule has 3 rings (SSSR count). The maximum atomic E-state index is 11.5. The number of pyridine rings is 1. The molecule has 2 unspecified atom stereocenters. The fourth-order valence-corrected chi connectivity index (χ4v) is 4.19. The largest absolute Gasteiger partial charge is 0.478 e. The predicted molar refractivity (Wildman–Crippen MR) is 87.4 cm³/mol. The Morgan fingerprint density at radius 2 is 1.95 bits per heavy atom. The topological polar surface area (TPSA) is 53.4 Å². The van der Waals surface area contributed by atoms with Gasteiger partial charge in [0.05, 0.1) is 11.1 Å². The highest BCUT2D eigenvalue weighted by Gasteiger charge is 2.24. The molecule has 4 nitrogen and oxygen atoms in total. The number of anilines is 1. The van der Waals surface area contributed by atoms with Crippen LogP contribution in [0.25, 0.3) is 10.9 Å². The SMILES string of the molecule is CC1CN(c2cc(C(=O)O)c3ccccc3n2)CC(C)S1. The summed E-state index contributed by atoms with van der Waals surface area (Å²) in [5.74, 6) is -0.132. The van der Waals surface area contributed by atoms with Gasteiger partial charge in [0.25, 0.3) is 0 Å². The molecular weight excluding hydrogens is 284 g/mol. The summed E-state index contributed by atoms with van der Waals surface area (Å²) in [6.45, 7) is 6.21. The van der Waals surface area contributed by atoms with Gasteiger partial charge in [0, 0.05) is 29.0 Å². The minimum absolute atomic E-state index is 0.328. The molecule has 1 aromatic carbocycles. The maximum absolute atomic E-state index is 11.5. The van der Waals surface area contributed by atoms with Gasteiger partial charge in [-0.05, 0) is 12.1 Å². The van der Waals surface area contributed by atoms with E-state index < -0.39 is 5.97 Å². The van der Waals surface area contributed by atoms with Gasteiger partial charge in [0.1, 0.15) is 5.82 Å². The van der Waals surface area contributed by atoms with Crippen LogP contribution < -0.4 is 4.90 Å². The number of hydrogen-bond acceptors (Lipinski definition) is 4. The number of thioether (sulfide) groups is 1. The van der Waals surface area contributed by atoms with Gasteiger partial charge >= 0.3 is 5.97 Å². The second-order valence-electron chi connectivity index (χ2n) is 5.51. The van der Waals surface area contributed by atoms with Crippen molar-refractivity contribution >= 4 is 34.5 Å². The van der Waals surface area contributed by atoms with E-state index in [2.05, 4.69) is 23.7 Å². The molecule has 1 aromatic heterocycles. The number of carboxylic acids is 1. The van der Waals surface area contributed by atoms with Crippen molar-refractivity contribution in [1.29, 1.82) is 0 Å². The highest BCUT2D eigenvalue weighted by Crippen LogP contribution is 2.30. The van der Waals surface area contributed by atoms with Crippen LogP contribution in [0, 0.1) is 0 Å². The third-order valence-electron chi connectivity index (χ3n) is 3.68. The van der Waals surface area contributed by atoms with Crippen molar-refractivity contribution in [1.82, 2.24) is 4.98 Å². The third kappa shape index (κ3) is 2.83. The van der Waals surface area contributed by atoms with Crippen molar-refractivity contribution in [2.45, 2.75) is 24.3 Å². The van der Waals surface area contributed by atoms with Gasteiger partial charge in [0.15, 0.2) is 0 Å². The summed E-state index contributed by atoms with van der Waals surface area (Å²) < 4.78 is 0. The number of rotatable bonds is 2. The number of aromatic nitrogens is 1. The minimum Gasteiger partial charge on any atom is -0.478 e. The van der Waals surface area contributed by atoms with Gasteiger partial charge in [0.2, 0.25) is 0 Å². The summed E-state index contributed by atoms with van der Waals surface area (Å²) in [7, 11) is 0. The number of benzene rings is 1. The molecule has 1 N–H and O–H groups in total. The summed E-state index contributed by atoms with van der Waals surface area (Å²) in [6.07, 6.45) is 0. The van der Waals surface area contributed by atoms with Crippen LogP contribution in [0.15, 0.2) is 30.3 Å². The first-order valence-electron chi connectivity index (χ1n) is 7.08. The fraction of sp³-hybridized carbons (Fsp3) is 0.375.